The molecule has 1 amide bonds. The first-order valence-electron chi connectivity index (χ1n) is 6.04. The van der Waals surface area contributed by atoms with Crippen molar-refractivity contribution in [1.29, 1.82) is 0 Å². The zero-order chi connectivity index (χ0) is 16.1. The molecule has 0 unspecified atom stereocenters. The summed E-state index contributed by atoms with van der Waals surface area (Å²) in [6.07, 6.45) is 1.14. The van der Waals surface area contributed by atoms with Crippen molar-refractivity contribution < 1.29 is 14.8 Å². The van der Waals surface area contributed by atoms with Gasteiger partial charge in [-0.2, -0.15) is 5.10 Å². The summed E-state index contributed by atoms with van der Waals surface area (Å²) in [4.78, 5) is 22.0. The Balaban J connectivity index is 2.13. The van der Waals surface area contributed by atoms with Gasteiger partial charge in [0.05, 0.1) is 16.7 Å². The smallest absolute Gasteiger partial charge is 0.272 e. The van der Waals surface area contributed by atoms with Crippen LogP contribution in [-0.2, 0) is 0 Å². The van der Waals surface area contributed by atoms with Gasteiger partial charge >= 0.3 is 0 Å². The van der Waals surface area contributed by atoms with Gasteiger partial charge in [-0.3, -0.25) is 14.9 Å². The number of amides is 1. The summed E-state index contributed by atoms with van der Waals surface area (Å²) in [6, 6.07) is 10.3. The lowest BCUT2D eigenvalue weighted by atomic mass is 10.2. The summed E-state index contributed by atoms with van der Waals surface area (Å²) < 4.78 is 0.612. The Hall–Kier alpha value is -2.74. The highest BCUT2D eigenvalue weighted by Gasteiger charge is 2.10. The van der Waals surface area contributed by atoms with Crippen LogP contribution in [0.1, 0.15) is 15.9 Å². The Morgan fingerprint density at radius 2 is 2.05 bits per heavy atom. The van der Waals surface area contributed by atoms with E-state index in [2.05, 4.69) is 26.5 Å². The fourth-order valence-corrected chi connectivity index (χ4v) is 2.09. The summed E-state index contributed by atoms with van der Waals surface area (Å²) >= 11 is 3.24. The van der Waals surface area contributed by atoms with Crippen LogP contribution in [0.25, 0.3) is 0 Å². The van der Waals surface area contributed by atoms with Crippen LogP contribution in [-0.4, -0.2) is 22.2 Å². The summed E-state index contributed by atoms with van der Waals surface area (Å²) in [5, 5.41) is 24.0. The third-order valence-corrected chi connectivity index (χ3v) is 3.40. The number of halogens is 1. The molecule has 0 radical (unpaired) electrons. The summed E-state index contributed by atoms with van der Waals surface area (Å²) in [5.41, 5.74) is 2.62. The summed E-state index contributed by atoms with van der Waals surface area (Å²) in [7, 11) is 0. The molecule has 2 rings (SSSR count). The molecule has 0 aliphatic heterocycles. The van der Waals surface area contributed by atoms with Crippen LogP contribution in [0.2, 0.25) is 0 Å². The fourth-order valence-electron chi connectivity index (χ4n) is 1.62. The molecule has 22 heavy (non-hydrogen) atoms. The molecule has 0 atom stereocenters. The van der Waals surface area contributed by atoms with Gasteiger partial charge in [0.1, 0.15) is 5.75 Å². The van der Waals surface area contributed by atoms with Crippen LogP contribution in [0.15, 0.2) is 52.0 Å². The van der Waals surface area contributed by atoms with Gasteiger partial charge in [-0.15, -0.1) is 0 Å². The first-order valence-corrected chi connectivity index (χ1v) is 6.83. The number of nitro groups is 1. The van der Waals surface area contributed by atoms with Gasteiger partial charge in [-0.25, -0.2) is 5.43 Å². The molecule has 2 aromatic rings. The lowest BCUT2D eigenvalue weighted by molar-refractivity contribution is -0.384. The van der Waals surface area contributed by atoms with Crippen molar-refractivity contribution in [2.75, 3.05) is 0 Å². The summed E-state index contributed by atoms with van der Waals surface area (Å²) in [6.45, 7) is 0. The highest BCUT2D eigenvalue weighted by molar-refractivity contribution is 9.10. The molecular weight excluding hydrogens is 354 g/mol. The fraction of sp³-hybridized carbons (Fsp3) is 0. The number of nitrogens with one attached hydrogen (secondary N) is 1. The molecule has 0 spiro atoms. The second kappa shape index (κ2) is 6.81. The molecule has 7 nitrogen and oxygen atoms in total. The molecule has 2 N–H and O–H groups in total. The number of aromatic hydroxyl groups is 1. The molecule has 0 saturated heterocycles. The standard InChI is InChI=1S/C14H10BrN3O4/c15-12-4-2-1-3-11(12)14(20)17-16-8-9-7-10(18(21)22)5-6-13(9)19/h1-8,19H,(H,17,20)/b16-8+. The molecule has 2 aromatic carbocycles. The Morgan fingerprint density at radius 3 is 2.73 bits per heavy atom. The number of nitrogens with zero attached hydrogens (tertiary/aromatic N) is 2. The Bertz CT molecular complexity index is 762. The highest BCUT2D eigenvalue weighted by atomic mass is 79.9. The van der Waals surface area contributed by atoms with Crippen LogP contribution in [0.3, 0.4) is 0 Å². The number of carbonyl (C=O) groups excluding carboxylic acids is 1. The number of benzene rings is 2. The SMILES string of the molecule is O=C(N/N=C/c1cc([N+](=O)[O-])ccc1O)c1ccccc1Br. The predicted octanol–water partition coefficient (Wildman–Crippen LogP) is 2.83. The molecule has 0 aliphatic carbocycles. The first kappa shape index (κ1) is 15.6. The Morgan fingerprint density at radius 1 is 1.32 bits per heavy atom. The molecule has 0 saturated carbocycles. The number of hydrazone groups is 1. The van der Waals surface area contributed by atoms with Crippen molar-refractivity contribution in [3.05, 3.63) is 68.2 Å². The van der Waals surface area contributed by atoms with Crippen molar-refractivity contribution in [3.8, 4) is 5.75 Å². The van der Waals surface area contributed by atoms with E-state index in [1.165, 1.54) is 12.1 Å². The van der Waals surface area contributed by atoms with E-state index in [1.807, 2.05) is 0 Å². The Kier molecular flexibility index (Phi) is 4.84. The highest BCUT2D eigenvalue weighted by Crippen LogP contribution is 2.21. The number of carbonyl (C=O) groups is 1. The third kappa shape index (κ3) is 3.67. The van der Waals surface area contributed by atoms with Crippen LogP contribution in [0.4, 0.5) is 5.69 Å². The molecule has 112 valence electrons. The number of phenolic OH excluding ortho intramolecular Hbond substituents is 1. The van der Waals surface area contributed by atoms with Gasteiger partial charge in [0, 0.05) is 22.2 Å². The molecule has 8 heteroatoms. The van der Waals surface area contributed by atoms with Crippen LogP contribution in [0.5, 0.6) is 5.75 Å². The Labute approximate surface area is 133 Å². The van der Waals surface area contributed by atoms with E-state index >= 15 is 0 Å². The van der Waals surface area contributed by atoms with Gasteiger partial charge in [0.15, 0.2) is 0 Å². The van der Waals surface area contributed by atoms with E-state index in [9.17, 15) is 20.0 Å². The maximum absolute atomic E-state index is 11.9. The van der Waals surface area contributed by atoms with Crippen LogP contribution in [0, 0.1) is 10.1 Å². The lowest BCUT2D eigenvalue weighted by Crippen LogP contribution is -2.18. The molecule has 0 aliphatic rings. The average Bonchev–Trinajstić information content (AvgIpc) is 2.49. The van der Waals surface area contributed by atoms with E-state index in [4.69, 9.17) is 0 Å². The van der Waals surface area contributed by atoms with Gasteiger partial charge in [0.25, 0.3) is 11.6 Å². The predicted molar refractivity (Wildman–Crippen MR) is 84.0 cm³/mol. The molecule has 0 aromatic heterocycles. The number of hydrogen-bond acceptors (Lipinski definition) is 5. The molecule has 0 bridgehead atoms. The minimum absolute atomic E-state index is 0.127. The number of rotatable bonds is 4. The number of non-ortho nitro benzene ring substituents is 1. The van der Waals surface area contributed by atoms with Crippen LogP contribution < -0.4 is 5.43 Å². The van der Waals surface area contributed by atoms with Crippen molar-refractivity contribution in [1.82, 2.24) is 5.43 Å². The number of hydrogen-bond donors (Lipinski definition) is 2. The second-order valence-corrected chi connectivity index (χ2v) is 5.03. The largest absolute Gasteiger partial charge is 0.507 e. The van der Waals surface area contributed by atoms with Crippen molar-refractivity contribution in [3.63, 3.8) is 0 Å². The van der Waals surface area contributed by atoms with E-state index in [1.54, 1.807) is 24.3 Å². The second-order valence-electron chi connectivity index (χ2n) is 4.18. The van der Waals surface area contributed by atoms with Gasteiger partial charge < -0.3 is 5.11 Å². The molecule has 0 fully saturated rings. The average molecular weight is 364 g/mol. The normalized spacial score (nSPS) is 10.6. The zero-order valence-corrected chi connectivity index (χ0v) is 12.6. The van der Waals surface area contributed by atoms with Gasteiger partial charge in [0.2, 0.25) is 0 Å². The van der Waals surface area contributed by atoms with Gasteiger partial charge in [-0.05, 0) is 34.1 Å². The van der Waals surface area contributed by atoms with Crippen LogP contribution >= 0.6 is 15.9 Å². The van der Waals surface area contributed by atoms with Crippen molar-refractivity contribution >= 4 is 33.7 Å². The van der Waals surface area contributed by atoms with E-state index in [0.29, 0.717) is 10.0 Å². The topological polar surface area (TPSA) is 105 Å². The van der Waals surface area contributed by atoms with Crippen molar-refractivity contribution in [2.45, 2.75) is 0 Å². The minimum atomic E-state index is -0.587. The summed E-state index contributed by atoms with van der Waals surface area (Å²) in [5.74, 6) is -0.627. The van der Waals surface area contributed by atoms with Gasteiger partial charge in [-0.1, -0.05) is 12.1 Å². The third-order valence-electron chi connectivity index (χ3n) is 2.71. The zero-order valence-electron chi connectivity index (χ0n) is 11.1. The number of nitro benzene ring substituents is 1. The first-order chi connectivity index (χ1) is 10.5. The van der Waals surface area contributed by atoms with Crippen molar-refractivity contribution in [2.24, 2.45) is 5.10 Å². The van der Waals surface area contributed by atoms with E-state index < -0.39 is 10.8 Å². The van der Waals surface area contributed by atoms with E-state index in [0.717, 1.165) is 12.3 Å². The molecular formula is C14H10BrN3O4. The quantitative estimate of drug-likeness (QED) is 0.494. The number of phenols is 1. The monoisotopic (exact) mass is 363 g/mol. The molecule has 0 heterocycles. The maximum Gasteiger partial charge on any atom is 0.272 e. The maximum atomic E-state index is 11.9. The lowest BCUT2D eigenvalue weighted by Gasteiger charge is -2.02. The van der Waals surface area contributed by atoms with E-state index in [-0.39, 0.29) is 17.0 Å². The minimum Gasteiger partial charge on any atom is -0.507 e.